The van der Waals surface area contributed by atoms with Gasteiger partial charge in [0.1, 0.15) is 10.8 Å². The molecular formula is C21H20N2O4S. The van der Waals surface area contributed by atoms with E-state index in [2.05, 4.69) is 10.3 Å². The maximum absolute atomic E-state index is 12.2. The monoisotopic (exact) mass is 396 g/mol. The number of aromatic nitrogens is 1. The summed E-state index contributed by atoms with van der Waals surface area (Å²) in [4.78, 5) is 28.5. The Morgan fingerprint density at radius 2 is 1.75 bits per heavy atom. The van der Waals surface area contributed by atoms with E-state index < -0.39 is 11.9 Å². The Hall–Kier alpha value is -3.19. The number of aryl methyl sites for hydroxylation is 2. The van der Waals surface area contributed by atoms with Crippen LogP contribution in [0.4, 0.5) is 5.69 Å². The maximum atomic E-state index is 12.2. The van der Waals surface area contributed by atoms with Gasteiger partial charge in [-0.1, -0.05) is 6.07 Å². The van der Waals surface area contributed by atoms with Gasteiger partial charge in [0.2, 0.25) is 0 Å². The number of carbonyl (C=O) groups excluding carboxylic acids is 2. The Balaban J connectivity index is 1.57. The molecule has 0 radical (unpaired) electrons. The number of hydrogen-bond acceptors (Lipinski definition) is 6. The number of nitrogens with one attached hydrogen (secondary N) is 1. The standard InChI is InChI=1S/C21H20N2O4S/c1-13-8-14(2)10-16(9-13)22-19(24)11-27-21(25)18-12-28-20(23-18)15-4-6-17(26-3)7-5-15/h4-10,12H,11H2,1-3H3,(H,22,24). The van der Waals surface area contributed by atoms with Gasteiger partial charge < -0.3 is 14.8 Å². The van der Waals surface area contributed by atoms with Crippen LogP contribution in [-0.4, -0.2) is 30.6 Å². The summed E-state index contributed by atoms with van der Waals surface area (Å²) in [6.07, 6.45) is 0. The van der Waals surface area contributed by atoms with Gasteiger partial charge in [-0.2, -0.15) is 0 Å². The van der Waals surface area contributed by atoms with Gasteiger partial charge in [0.25, 0.3) is 5.91 Å². The Bertz CT molecular complexity index is 976. The molecule has 0 bridgehead atoms. The molecule has 1 heterocycles. The van der Waals surface area contributed by atoms with E-state index in [1.807, 2.05) is 56.3 Å². The first-order valence-electron chi connectivity index (χ1n) is 8.60. The van der Waals surface area contributed by atoms with E-state index in [1.54, 1.807) is 12.5 Å². The summed E-state index contributed by atoms with van der Waals surface area (Å²) in [5.74, 6) is -0.287. The minimum Gasteiger partial charge on any atom is -0.497 e. The van der Waals surface area contributed by atoms with E-state index in [-0.39, 0.29) is 12.3 Å². The Morgan fingerprint density at radius 3 is 2.39 bits per heavy atom. The molecule has 0 atom stereocenters. The van der Waals surface area contributed by atoms with Gasteiger partial charge in [0, 0.05) is 16.6 Å². The Morgan fingerprint density at radius 1 is 1.07 bits per heavy atom. The third-order valence-electron chi connectivity index (χ3n) is 3.89. The maximum Gasteiger partial charge on any atom is 0.358 e. The van der Waals surface area contributed by atoms with Crippen LogP contribution >= 0.6 is 11.3 Å². The van der Waals surface area contributed by atoms with Gasteiger partial charge in [-0.25, -0.2) is 9.78 Å². The third-order valence-corrected chi connectivity index (χ3v) is 4.78. The second-order valence-corrected chi connectivity index (χ2v) is 7.13. The topological polar surface area (TPSA) is 77.5 Å². The van der Waals surface area contributed by atoms with Crippen LogP contribution < -0.4 is 10.1 Å². The number of ether oxygens (including phenoxy) is 2. The van der Waals surface area contributed by atoms with Crippen LogP contribution in [0, 0.1) is 13.8 Å². The largest absolute Gasteiger partial charge is 0.497 e. The number of amides is 1. The van der Waals surface area contributed by atoms with Crippen molar-refractivity contribution in [1.29, 1.82) is 0 Å². The van der Waals surface area contributed by atoms with Crippen LogP contribution in [0.15, 0.2) is 47.8 Å². The van der Waals surface area contributed by atoms with Crippen molar-refractivity contribution in [2.45, 2.75) is 13.8 Å². The van der Waals surface area contributed by atoms with E-state index in [9.17, 15) is 9.59 Å². The predicted octanol–water partition coefficient (Wildman–Crippen LogP) is 4.23. The normalized spacial score (nSPS) is 10.4. The van der Waals surface area contributed by atoms with Crippen molar-refractivity contribution in [3.05, 3.63) is 64.7 Å². The molecule has 1 amide bonds. The number of benzene rings is 2. The van der Waals surface area contributed by atoms with Crippen LogP contribution in [0.5, 0.6) is 5.75 Å². The highest BCUT2D eigenvalue weighted by atomic mass is 32.1. The van der Waals surface area contributed by atoms with Gasteiger partial charge in [0.05, 0.1) is 7.11 Å². The first-order valence-corrected chi connectivity index (χ1v) is 9.48. The Labute approximate surface area is 167 Å². The molecule has 3 rings (SSSR count). The summed E-state index contributed by atoms with van der Waals surface area (Å²) >= 11 is 1.33. The number of esters is 1. The Kier molecular flexibility index (Phi) is 6.06. The third kappa shape index (κ3) is 4.95. The van der Waals surface area contributed by atoms with Gasteiger partial charge in [-0.15, -0.1) is 11.3 Å². The molecule has 3 aromatic rings. The van der Waals surface area contributed by atoms with Crippen molar-refractivity contribution >= 4 is 28.9 Å². The molecule has 6 nitrogen and oxygen atoms in total. The molecule has 0 saturated carbocycles. The molecule has 0 unspecified atom stereocenters. The summed E-state index contributed by atoms with van der Waals surface area (Å²) in [6.45, 7) is 3.53. The SMILES string of the molecule is COc1ccc(-c2nc(C(=O)OCC(=O)Nc3cc(C)cc(C)c3)cs2)cc1. The number of rotatable bonds is 6. The zero-order chi connectivity index (χ0) is 20.1. The first-order chi connectivity index (χ1) is 13.4. The van der Waals surface area contributed by atoms with Crippen molar-refractivity contribution in [3.63, 3.8) is 0 Å². The predicted molar refractivity (Wildman–Crippen MR) is 109 cm³/mol. The highest BCUT2D eigenvalue weighted by molar-refractivity contribution is 7.13. The number of anilines is 1. The van der Waals surface area contributed by atoms with Crippen molar-refractivity contribution in [3.8, 4) is 16.3 Å². The van der Waals surface area contributed by atoms with Gasteiger partial charge in [-0.05, 0) is 61.4 Å². The molecule has 2 aromatic carbocycles. The lowest BCUT2D eigenvalue weighted by molar-refractivity contribution is -0.119. The lowest BCUT2D eigenvalue weighted by Gasteiger charge is -2.07. The smallest absolute Gasteiger partial charge is 0.358 e. The van der Waals surface area contributed by atoms with Crippen LogP contribution in [0.2, 0.25) is 0 Å². The number of methoxy groups -OCH3 is 1. The van der Waals surface area contributed by atoms with Crippen molar-refractivity contribution in [2.75, 3.05) is 19.0 Å². The van der Waals surface area contributed by atoms with Crippen molar-refractivity contribution in [1.82, 2.24) is 4.98 Å². The fourth-order valence-electron chi connectivity index (χ4n) is 2.68. The highest BCUT2D eigenvalue weighted by Crippen LogP contribution is 2.26. The summed E-state index contributed by atoms with van der Waals surface area (Å²) in [5, 5.41) is 5.03. The molecule has 0 saturated heterocycles. The summed E-state index contributed by atoms with van der Waals surface area (Å²) in [7, 11) is 1.60. The molecular weight excluding hydrogens is 376 g/mol. The summed E-state index contributed by atoms with van der Waals surface area (Å²) in [6, 6.07) is 13.1. The van der Waals surface area contributed by atoms with Crippen LogP contribution in [0.1, 0.15) is 21.6 Å². The van der Waals surface area contributed by atoms with Gasteiger partial charge >= 0.3 is 5.97 Å². The van der Waals surface area contributed by atoms with E-state index >= 15 is 0 Å². The molecule has 144 valence electrons. The molecule has 0 aliphatic carbocycles. The number of thiazole rings is 1. The number of carbonyl (C=O) groups is 2. The van der Waals surface area contributed by atoms with Crippen molar-refractivity contribution < 1.29 is 19.1 Å². The lowest BCUT2D eigenvalue weighted by atomic mass is 10.1. The van der Waals surface area contributed by atoms with Crippen LogP contribution in [-0.2, 0) is 9.53 Å². The molecule has 28 heavy (non-hydrogen) atoms. The average Bonchev–Trinajstić information content (AvgIpc) is 3.15. The molecule has 0 aliphatic heterocycles. The minimum atomic E-state index is -0.633. The molecule has 1 N–H and O–H groups in total. The second-order valence-electron chi connectivity index (χ2n) is 6.27. The van der Waals surface area contributed by atoms with E-state index in [4.69, 9.17) is 9.47 Å². The molecule has 0 aliphatic rings. The fraction of sp³-hybridized carbons (Fsp3) is 0.190. The number of nitrogens with zero attached hydrogens (tertiary/aromatic N) is 1. The van der Waals surface area contributed by atoms with E-state index in [1.165, 1.54) is 11.3 Å². The molecule has 7 heteroatoms. The second kappa shape index (κ2) is 8.67. The highest BCUT2D eigenvalue weighted by Gasteiger charge is 2.15. The van der Waals surface area contributed by atoms with Crippen molar-refractivity contribution in [2.24, 2.45) is 0 Å². The van der Waals surface area contributed by atoms with Gasteiger partial charge in [-0.3, -0.25) is 4.79 Å². The molecule has 0 fully saturated rings. The number of hydrogen-bond donors (Lipinski definition) is 1. The molecule has 1 aromatic heterocycles. The first kappa shape index (κ1) is 19.6. The van der Waals surface area contributed by atoms with Gasteiger partial charge in [0.15, 0.2) is 12.3 Å². The lowest BCUT2D eigenvalue weighted by Crippen LogP contribution is -2.21. The fourth-order valence-corrected chi connectivity index (χ4v) is 3.48. The van der Waals surface area contributed by atoms with E-state index in [0.717, 1.165) is 22.4 Å². The zero-order valence-electron chi connectivity index (χ0n) is 15.8. The van der Waals surface area contributed by atoms with Crippen LogP contribution in [0.25, 0.3) is 10.6 Å². The minimum absolute atomic E-state index is 0.176. The van der Waals surface area contributed by atoms with E-state index in [0.29, 0.717) is 10.7 Å². The zero-order valence-corrected chi connectivity index (χ0v) is 16.6. The average molecular weight is 396 g/mol. The summed E-state index contributed by atoms with van der Waals surface area (Å²) < 4.78 is 10.2. The quantitative estimate of drug-likeness (QED) is 0.631. The summed E-state index contributed by atoms with van der Waals surface area (Å²) in [5.41, 5.74) is 3.81. The van der Waals surface area contributed by atoms with Crippen LogP contribution in [0.3, 0.4) is 0 Å². The molecule has 0 spiro atoms.